The zero-order chi connectivity index (χ0) is 24.3. The lowest BCUT2D eigenvalue weighted by Crippen LogP contribution is -2.24. The van der Waals surface area contributed by atoms with Gasteiger partial charge in [-0.3, -0.25) is 4.90 Å². The van der Waals surface area contributed by atoms with Gasteiger partial charge in [0.05, 0.1) is 16.2 Å². The van der Waals surface area contributed by atoms with Crippen LogP contribution in [-0.2, 0) is 6.54 Å². The lowest BCUT2D eigenvalue weighted by atomic mass is 9.78. The molecule has 0 spiro atoms. The predicted molar refractivity (Wildman–Crippen MR) is 125 cm³/mol. The van der Waals surface area contributed by atoms with Crippen molar-refractivity contribution >= 4 is 11.6 Å². The maximum absolute atomic E-state index is 13.7. The molecular weight excluding hydrogens is 464 g/mol. The van der Waals surface area contributed by atoms with E-state index in [1.807, 2.05) is 12.1 Å². The molecule has 2 nitrogen and oxygen atoms in total. The molecule has 1 aliphatic carbocycles. The number of nitriles is 1. The second-order valence-corrected chi connectivity index (χ2v) is 9.40. The van der Waals surface area contributed by atoms with Crippen LogP contribution in [0.2, 0.25) is 5.02 Å². The molecule has 0 N–H and O–H groups in total. The van der Waals surface area contributed by atoms with Crippen LogP contribution < -0.4 is 0 Å². The minimum Gasteiger partial charge on any atom is -0.299 e. The lowest BCUT2D eigenvalue weighted by Gasteiger charge is -2.28. The Morgan fingerprint density at radius 1 is 1.09 bits per heavy atom. The van der Waals surface area contributed by atoms with Crippen molar-refractivity contribution in [2.75, 3.05) is 13.1 Å². The zero-order valence-corrected chi connectivity index (χ0v) is 19.3. The van der Waals surface area contributed by atoms with Crippen LogP contribution in [0.3, 0.4) is 0 Å². The van der Waals surface area contributed by atoms with E-state index in [4.69, 9.17) is 11.6 Å². The summed E-state index contributed by atoms with van der Waals surface area (Å²) in [7, 11) is 0. The van der Waals surface area contributed by atoms with Gasteiger partial charge in [-0.1, -0.05) is 42.0 Å². The average Bonchev–Trinajstić information content (AvgIpc) is 3.26. The molecule has 0 amide bonds. The van der Waals surface area contributed by atoms with Gasteiger partial charge in [-0.15, -0.1) is 0 Å². The van der Waals surface area contributed by atoms with Gasteiger partial charge < -0.3 is 0 Å². The number of likely N-dealkylation sites (tertiary alicyclic amines) is 1. The van der Waals surface area contributed by atoms with Crippen LogP contribution in [0.1, 0.15) is 48.3 Å². The Kier molecular flexibility index (Phi) is 7.45. The third-order valence-electron chi connectivity index (χ3n) is 6.74. The topological polar surface area (TPSA) is 27.0 Å². The molecule has 7 heteroatoms. The summed E-state index contributed by atoms with van der Waals surface area (Å²) < 4.78 is 54.4. The number of nitrogens with zero attached hydrogens (tertiary/aromatic N) is 2. The van der Waals surface area contributed by atoms with Gasteiger partial charge in [-0.25, -0.2) is 4.39 Å². The largest absolute Gasteiger partial charge is 0.416 e. The molecule has 178 valence electrons. The smallest absolute Gasteiger partial charge is 0.299 e. The molecule has 1 heterocycles. The van der Waals surface area contributed by atoms with E-state index < -0.39 is 11.7 Å². The molecule has 1 aliphatic heterocycles. The molecule has 34 heavy (non-hydrogen) atoms. The average molecular weight is 489 g/mol. The summed E-state index contributed by atoms with van der Waals surface area (Å²) in [6.07, 6.45) is 0.714. The maximum atomic E-state index is 13.7. The minimum atomic E-state index is -4.39. The van der Waals surface area contributed by atoms with Crippen LogP contribution in [0.5, 0.6) is 0 Å². The Balaban J connectivity index is 1.59. The number of hydrogen-bond acceptors (Lipinski definition) is 2. The van der Waals surface area contributed by atoms with E-state index in [-0.39, 0.29) is 24.1 Å². The Hall–Kier alpha value is -2.62. The highest BCUT2D eigenvalue weighted by molar-refractivity contribution is 6.31. The van der Waals surface area contributed by atoms with E-state index in [0.717, 1.165) is 30.6 Å². The summed E-state index contributed by atoms with van der Waals surface area (Å²) >= 11 is 6.30. The Bertz CT molecular complexity index is 1130. The summed E-state index contributed by atoms with van der Waals surface area (Å²) in [5.41, 5.74) is 2.00. The number of alkyl halides is 3. The molecule has 1 saturated heterocycles. The minimum absolute atomic E-state index is 0.127. The molecule has 0 aromatic heterocycles. The fourth-order valence-corrected chi connectivity index (χ4v) is 5.28. The van der Waals surface area contributed by atoms with Crippen LogP contribution in [0.15, 0.2) is 65.8 Å². The maximum Gasteiger partial charge on any atom is 0.416 e. The molecular formula is C27H25ClF4N2. The molecule has 1 fully saturated rings. The molecule has 2 aromatic carbocycles. The first-order valence-electron chi connectivity index (χ1n) is 11.4. The third kappa shape index (κ3) is 5.71. The molecule has 0 radical (unpaired) electrons. The SMILES string of the molecule is N#Cc1ccc(C(CC2=CCCC=C2C(F)(F)F)[C@H]2CCN(Cc3ccc(F)cc3)C2)cc1Cl. The Labute approximate surface area is 202 Å². The van der Waals surface area contributed by atoms with Crippen molar-refractivity contribution in [3.8, 4) is 6.07 Å². The number of rotatable bonds is 6. The summed E-state index contributed by atoms with van der Waals surface area (Å²) in [5, 5.41) is 9.55. The van der Waals surface area contributed by atoms with Crippen molar-refractivity contribution < 1.29 is 17.6 Å². The molecule has 0 saturated carbocycles. The third-order valence-corrected chi connectivity index (χ3v) is 7.05. The van der Waals surface area contributed by atoms with E-state index >= 15 is 0 Å². The van der Waals surface area contributed by atoms with Crippen molar-refractivity contribution in [3.63, 3.8) is 0 Å². The van der Waals surface area contributed by atoms with Crippen LogP contribution >= 0.6 is 11.6 Å². The number of benzene rings is 2. The van der Waals surface area contributed by atoms with E-state index in [0.29, 0.717) is 35.5 Å². The number of hydrogen-bond donors (Lipinski definition) is 0. The Morgan fingerprint density at radius 2 is 1.82 bits per heavy atom. The normalized spacial score (nSPS) is 19.9. The molecule has 2 atom stereocenters. The van der Waals surface area contributed by atoms with Crippen molar-refractivity contribution in [2.45, 2.75) is 44.3 Å². The van der Waals surface area contributed by atoms with Crippen LogP contribution in [0.4, 0.5) is 17.6 Å². The standard InChI is InChI=1S/C27H25ClF4N2/c28-26-14-19(7-8-21(26)15-33)24(13-20-3-1-2-4-25(20)27(30,31)32)22-11-12-34(17-22)16-18-5-9-23(29)10-6-18/h3-10,14,22,24H,1-2,11-13,16-17H2/t22-,24?/m0/s1. The van der Waals surface area contributed by atoms with Crippen LogP contribution in [0.25, 0.3) is 0 Å². The van der Waals surface area contributed by atoms with Gasteiger partial charge in [0.15, 0.2) is 0 Å². The molecule has 2 aliphatic rings. The van der Waals surface area contributed by atoms with Gasteiger partial charge in [-0.05, 0) is 85.0 Å². The summed E-state index contributed by atoms with van der Waals surface area (Å²) in [6, 6.07) is 13.6. The first-order chi connectivity index (χ1) is 16.2. The van der Waals surface area contributed by atoms with Crippen molar-refractivity contribution in [3.05, 3.63) is 93.3 Å². The van der Waals surface area contributed by atoms with Crippen molar-refractivity contribution in [2.24, 2.45) is 5.92 Å². The monoisotopic (exact) mass is 488 g/mol. The highest BCUT2D eigenvalue weighted by Crippen LogP contribution is 2.43. The zero-order valence-electron chi connectivity index (χ0n) is 18.6. The first-order valence-corrected chi connectivity index (χ1v) is 11.8. The molecule has 1 unspecified atom stereocenters. The number of halogens is 5. The van der Waals surface area contributed by atoms with Gasteiger partial charge in [0.25, 0.3) is 0 Å². The van der Waals surface area contributed by atoms with Crippen LogP contribution in [-0.4, -0.2) is 24.2 Å². The van der Waals surface area contributed by atoms with Gasteiger partial charge in [0.2, 0.25) is 0 Å². The Morgan fingerprint density at radius 3 is 2.50 bits per heavy atom. The second-order valence-electron chi connectivity index (χ2n) is 8.99. The van der Waals surface area contributed by atoms with Gasteiger partial charge in [-0.2, -0.15) is 18.4 Å². The fourth-order valence-electron chi connectivity index (χ4n) is 5.05. The van der Waals surface area contributed by atoms with Gasteiger partial charge >= 0.3 is 6.18 Å². The predicted octanol–water partition coefficient (Wildman–Crippen LogP) is 7.56. The molecule has 0 bridgehead atoms. The van der Waals surface area contributed by atoms with Gasteiger partial charge in [0, 0.05) is 13.1 Å². The van der Waals surface area contributed by atoms with E-state index in [9.17, 15) is 22.8 Å². The first kappa shape index (κ1) is 24.5. The quantitative estimate of drug-likeness (QED) is 0.392. The fraction of sp³-hybridized carbons (Fsp3) is 0.370. The van der Waals surface area contributed by atoms with Crippen molar-refractivity contribution in [1.82, 2.24) is 4.90 Å². The lowest BCUT2D eigenvalue weighted by molar-refractivity contribution is -0.0901. The van der Waals surface area contributed by atoms with Crippen LogP contribution in [0, 0.1) is 23.1 Å². The van der Waals surface area contributed by atoms with Crippen molar-refractivity contribution in [1.29, 1.82) is 5.26 Å². The molecule has 2 aromatic rings. The highest BCUT2D eigenvalue weighted by Gasteiger charge is 2.39. The summed E-state index contributed by atoms with van der Waals surface area (Å²) in [4.78, 5) is 2.26. The van der Waals surface area contributed by atoms with E-state index in [1.165, 1.54) is 18.2 Å². The molecule has 4 rings (SSSR count). The summed E-state index contributed by atoms with van der Waals surface area (Å²) in [6.45, 7) is 2.19. The van der Waals surface area contributed by atoms with E-state index in [1.54, 1.807) is 30.3 Å². The van der Waals surface area contributed by atoms with E-state index in [2.05, 4.69) is 4.90 Å². The highest BCUT2D eigenvalue weighted by atomic mass is 35.5. The van der Waals surface area contributed by atoms with Gasteiger partial charge in [0.1, 0.15) is 11.9 Å². The summed E-state index contributed by atoms with van der Waals surface area (Å²) in [5.74, 6) is -0.324. The number of allylic oxidation sites excluding steroid dienone is 4. The second kappa shape index (κ2) is 10.3.